The zero-order valence-electron chi connectivity index (χ0n) is 17.7. The third-order valence-electron chi connectivity index (χ3n) is 4.86. The van der Waals surface area contributed by atoms with Crippen LogP contribution in [-0.4, -0.2) is 28.8 Å². The van der Waals surface area contributed by atoms with E-state index in [1.165, 1.54) is 0 Å². The molecule has 0 aliphatic carbocycles. The highest BCUT2D eigenvalue weighted by Crippen LogP contribution is 2.17. The number of aryl methyl sites for hydroxylation is 2. The zero-order chi connectivity index (χ0) is 20.7. The quantitative estimate of drug-likeness (QED) is 0.747. The molecule has 2 aromatic carbocycles. The molecule has 0 fully saturated rings. The third kappa shape index (κ3) is 5.95. The standard InChI is InChI=1S/C24H32N2O2/c1-6-22(24(28)25-17(2)3)26(16-21-13-8-7-11-19(21)5)23(27)15-20-12-9-10-18(4)14-20/h7-14,17,22H,6,15-16H2,1-5H3,(H,25,28)/t22-/m0/s1. The number of hydrogen-bond donors (Lipinski definition) is 1. The van der Waals surface area contributed by atoms with Gasteiger partial charge >= 0.3 is 0 Å². The number of nitrogens with zero attached hydrogens (tertiary/aromatic N) is 1. The van der Waals surface area contributed by atoms with Gasteiger partial charge in [-0.25, -0.2) is 0 Å². The van der Waals surface area contributed by atoms with Crippen molar-refractivity contribution in [3.63, 3.8) is 0 Å². The van der Waals surface area contributed by atoms with Crippen LogP contribution in [-0.2, 0) is 22.6 Å². The Labute approximate surface area is 169 Å². The lowest BCUT2D eigenvalue weighted by atomic mass is 10.0. The van der Waals surface area contributed by atoms with Crippen LogP contribution in [0.1, 0.15) is 49.4 Å². The van der Waals surface area contributed by atoms with Gasteiger partial charge in [0.25, 0.3) is 0 Å². The lowest BCUT2D eigenvalue weighted by Gasteiger charge is -2.31. The van der Waals surface area contributed by atoms with Gasteiger partial charge in [0, 0.05) is 12.6 Å². The summed E-state index contributed by atoms with van der Waals surface area (Å²) in [5.74, 6) is -0.122. The molecule has 0 spiro atoms. The molecule has 0 radical (unpaired) electrons. The first kappa shape index (κ1) is 21.7. The number of carbonyl (C=O) groups excluding carboxylic acids is 2. The van der Waals surface area contributed by atoms with Gasteiger partial charge < -0.3 is 10.2 Å². The molecule has 0 unspecified atom stereocenters. The van der Waals surface area contributed by atoms with Crippen LogP contribution >= 0.6 is 0 Å². The lowest BCUT2D eigenvalue weighted by Crippen LogP contribution is -2.50. The molecule has 4 nitrogen and oxygen atoms in total. The van der Waals surface area contributed by atoms with Crippen molar-refractivity contribution >= 4 is 11.8 Å². The summed E-state index contributed by atoms with van der Waals surface area (Å²) in [5.41, 5.74) is 4.28. The van der Waals surface area contributed by atoms with Crippen LogP contribution in [0.25, 0.3) is 0 Å². The molecule has 0 aromatic heterocycles. The maximum Gasteiger partial charge on any atom is 0.243 e. The first-order valence-electron chi connectivity index (χ1n) is 10.0. The summed E-state index contributed by atoms with van der Waals surface area (Å²) in [7, 11) is 0. The van der Waals surface area contributed by atoms with Gasteiger partial charge in [-0.1, -0.05) is 61.0 Å². The summed E-state index contributed by atoms with van der Waals surface area (Å²) in [6, 6.07) is 15.5. The van der Waals surface area contributed by atoms with Gasteiger partial charge in [0.2, 0.25) is 11.8 Å². The smallest absolute Gasteiger partial charge is 0.243 e. The van der Waals surface area contributed by atoms with Gasteiger partial charge in [-0.15, -0.1) is 0 Å². The van der Waals surface area contributed by atoms with Crippen LogP contribution in [0.4, 0.5) is 0 Å². The Bertz CT molecular complexity index is 814. The molecule has 0 bridgehead atoms. The third-order valence-corrected chi connectivity index (χ3v) is 4.86. The molecule has 0 aliphatic rings. The Hall–Kier alpha value is -2.62. The predicted molar refractivity (Wildman–Crippen MR) is 114 cm³/mol. The average Bonchev–Trinajstić information content (AvgIpc) is 2.62. The van der Waals surface area contributed by atoms with Gasteiger partial charge in [-0.2, -0.15) is 0 Å². The van der Waals surface area contributed by atoms with Gasteiger partial charge in [-0.3, -0.25) is 9.59 Å². The fourth-order valence-electron chi connectivity index (χ4n) is 3.37. The van der Waals surface area contributed by atoms with Crippen molar-refractivity contribution in [3.8, 4) is 0 Å². The van der Waals surface area contributed by atoms with Crippen LogP contribution in [0.3, 0.4) is 0 Å². The molecule has 0 saturated carbocycles. The molecule has 4 heteroatoms. The highest BCUT2D eigenvalue weighted by atomic mass is 16.2. The van der Waals surface area contributed by atoms with E-state index in [1.54, 1.807) is 4.90 Å². The van der Waals surface area contributed by atoms with E-state index in [4.69, 9.17) is 0 Å². The predicted octanol–water partition coefficient (Wildman–Crippen LogP) is 4.18. The minimum atomic E-state index is -0.487. The summed E-state index contributed by atoms with van der Waals surface area (Å²) in [4.78, 5) is 27.8. The van der Waals surface area contributed by atoms with Crippen molar-refractivity contribution in [2.24, 2.45) is 0 Å². The monoisotopic (exact) mass is 380 g/mol. The average molecular weight is 381 g/mol. The molecule has 2 amide bonds. The second-order valence-corrected chi connectivity index (χ2v) is 7.70. The highest BCUT2D eigenvalue weighted by molar-refractivity contribution is 5.88. The maximum atomic E-state index is 13.3. The summed E-state index contributed by atoms with van der Waals surface area (Å²) >= 11 is 0. The normalized spacial score (nSPS) is 11.9. The van der Waals surface area contributed by atoms with E-state index in [-0.39, 0.29) is 17.9 Å². The van der Waals surface area contributed by atoms with Crippen LogP contribution in [0.15, 0.2) is 48.5 Å². The van der Waals surface area contributed by atoms with Gasteiger partial charge in [0.1, 0.15) is 6.04 Å². The minimum absolute atomic E-state index is 0.0281. The number of benzene rings is 2. The summed E-state index contributed by atoms with van der Waals surface area (Å²) < 4.78 is 0. The molecule has 150 valence electrons. The second kappa shape index (κ2) is 10.1. The first-order valence-corrected chi connectivity index (χ1v) is 10.0. The number of rotatable bonds is 8. The molecule has 1 atom stereocenters. The van der Waals surface area contributed by atoms with E-state index in [0.29, 0.717) is 19.4 Å². The number of nitrogens with one attached hydrogen (secondary N) is 1. The van der Waals surface area contributed by atoms with Crippen LogP contribution in [0.5, 0.6) is 0 Å². The lowest BCUT2D eigenvalue weighted by molar-refractivity contribution is -0.141. The van der Waals surface area contributed by atoms with E-state index in [9.17, 15) is 9.59 Å². The summed E-state index contributed by atoms with van der Waals surface area (Å²) in [6.45, 7) is 10.3. The number of hydrogen-bond acceptors (Lipinski definition) is 2. The Morgan fingerprint density at radius 3 is 2.36 bits per heavy atom. The van der Waals surface area contributed by atoms with Crippen molar-refractivity contribution in [3.05, 3.63) is 70.8 Å². The van der Waals surface area contributed by atoms with E-state index in [1.807, 2.05) is 83.1 Å². The van der Waals surface area contributed by atoms with Crippen molar-refractivity contribution in [1.82, 2.24) is 10.2 Å². The minimum Gasteiger partial charge on any atom is -0.352 e. The largest absolute Gasteiger partial charge is 0.352 e. The molecule has 0 saturated heterocycles. The van der Waals surface area contributed by atoms with Gasteiger partial charge in [0.05, 0.1) is 6.42 Å². The Balaban J connectivity index is 2.32. The fourth-order valence-corrected chi connectivity index (χ4v) is 3.37. The van der Waals surface area contributed by atoms with Crippen LogP contribution < -0.4 is 5.32 Å². The number of amides is 2. The molecule has 0 aliphatic heterocycles. The Morgan fingerprint density at radius 2 is 1.75 bits per heavy atom. The Morgan fingerprint density at radius 1 is 1.04 bits per heavy atom. The van der Waals surface area contributed by atoms with Crippen molar-refractivity contribution in [2.45, 2.75) is 66.1 Å². The molecular weight excluding hydrogens is 348 g/mol. The fraction of sp³-hybridized carbons (Fsp3) is 0.417. The molecule has 28 heavy (non-hydrogen) atoms. The van der Waals surface area contributed by atoms with E-state index >= 15 is 0 Å². The zero-order valence-corrected chi connectivity index (χ0v) is 17.7. The highest BCUT2D eigenvalue weighted by Gasteiger charge is 2.29. The van der Waals surface area contributed by atoms with Crippen LogP contribution in [0.2, 0.25) is 0 Å². The van der Waals surface area contributed by atoms with Crippen molar-refractivity contribution in [2.75, 3.05) is 0 Å². The molecular formula is C24H32N2O2. The molecule has 2 rings (SSSR count). The number of carbonyl (C=O) groups is 2. The van der Waals surface area contributed by atoms with Gasteiger partial charge in [-0.05, 0) is 50.8 Å². The summed E-state index contributed by atoms with van der Waals surface area (Å²) in [6.07, 6.45) is 0.864. The first-order chi connectivity index (χ1) is 13.3. The molecule has 2 aromatic rings. The maximum absolute atomic E-state index is 13.3. The Kier molecular flexibility index (Phi) is 7.80. The van der Waals surface area contributed by atoms with E-state index in [2.05, 4.69) is 5.32 Å². The molecule has 0 heterocycles. The molecule has 1 N–H and O–H groups in total. The van der Waals surface area contributed by atoms with Crippen LogP contribution in [0, 0.1) is 13.8 Å². The second-order valence-electron chi connectivity index (χ2n) is 7.70. The van der Waals surface area contributed by atoms with Gasteiger partial charge in [0.15, 0.2) is 0 Å². The van der Waals surface area contributed by atoms with E-state index < -0.39 is 6.04 Å². The summed E-state index contributed by atoms with van der Waals surface area (Å²) in [5, 5.41) is 2.97. The van der Waals surface area contributed by atoms with E-state index in [0.717, 1.165) is 22.3 Å². The van der Waals surface area contributed by atoms with Crippen molar-refractivity contribution in [1.29, 1.82) is 0 Å². The topological polar surface area (TPSA) is 49.4 Å². The SMILES string of the molecule is CC[C@@H](C(=O)NC(C)C)N(Cc1ccccc1C)C(=O)Cc1cccc(C)c1. The van der Waals surface area contributed by atoms with Crippen molar-refractivity contribution < 1.29 is 9.59 Å².